The van der Waals surface area contributed by atoms with Gasteiger partial charge in [0.05, 0.1) is 6.42 Å². The van der Waals surface area contributed by atoms with Gasteiger partial charge in [-0.05, 0) is 11.6 Å². The van der Waals surface area contributed by atoms with E-state index in [1.54, 1.807) is 0 Å². The zero-order valence-electron chi connectivity index (χ0n) is 12.6. The van der Waals surface area contributed by atoms with Crippen molar-refractivity contribution in [3.8, 4) is 5.75 Å². The van der Waals surface area contributed by atoms with Crippen LogP contribution in [0.2, 0.25) is 0 Å². The number of para-hydroxylation sites is 1. The lowest BCUT2D eigenvalue weighted by atomic mass is 9.72. The Morgan fingerprint density at radius 3 is 3.05 bits per heavy atom. The van der Waals surface area contributed by atoms with E-state index in [1.807, 2.05) is 30.3 Å². The number of piperidine rings is 1. The van der Waals surface area contributed by atoms with E-state index in [0.29, 0.717) is 6.42 Å². The molecule has 0 aromatic heterocycles. The van der Waals surface area contributed by atoms with Crippen molar-refractivity contribution in [1.82, 2.24) is 4.90 Å². The maximum Gasteiger partial charge on any atom is 0.303 e. The minimum absolute atomic E-state index is 0.0350. The highest BCUT2D eigenvalue weighted by Crippen LogP contribution is 2.47. The van der Waals surface area contributed by atoms with Crippen LogP contribution in [-0.4, -0.2) is 41.3 Å². The van der Waals surface area contributed by atoms with Gasteiger partial charge in [0.25, 0.3) is 0 Å². The summed E-state index contributed by atoms with van der Waals surface area (Å²) in [4.78, 5) is 13.6. The summed E-state index contributed by atoms with van der Waals surface area (Å²) in [5.41, 5.74) is 6.71. The molecule has 22 heavy (non-hydrogen) atoms. The molecule has 0 radical (unpaired) electrons. The molecule has 0 bridgehead atoms. The average Bonchev–Trinajstić information content (AvgIpc) is 2.47. The van der Waals surface area contributed by atoms with Crippen LogP contribution >= 0.6 is 0 Å². The normalized spacial score (nSPS) is 30.8. The molecular weight excluding hydrogens is 280 g/mol. The summed E-state index contributed by atoms with van der Waals surface area (Å²) >= 11 is 0. The lowest BCUT2D eigenvalue weighted by molar-refractivity contribution is -0.139. The number of nitrogens with two attached hydrogens (primary N) is 1. The van der Waals surface area contributed by atoms with Crippen molar-refractivity contribution in [2.75, 3.05) is 19.6 Å². The number of hydrogen-bond donors (Lipinski definition) is 2. The summed E-state index contributed by atoms with van der Waals surface area (Å²) in [6.07, 6.45) is 2.63. The summed E-state index contributed by atoms with van der Waals surface area (Å²) in [5.74, 6) is -0.234. The maximum atomic E-state index is 11.4. The second kappa shape index (κ2) is 5.74. The highest BCUT2D eigenvalue weighted by atomic mass is 16.5. The van der Waals surface area contributed by atoms with Crippen molar-refractivity contribution in [2.45, 2.75) is 24.5 Å². The number of nitrogens with zero attached hydrogens (tertiary/aromatic N) is 1. The number of rotatable bonds is 4. The van der Waals surface area contributed by atoms with Gasteiger partial charge in [0.1, 0.15) is 5.75 Å². The van der Waals surface area contributed by atoms with E-state index in [9.17, 15) is 9.90 Å². The Bertz CT molecular complexity index is 589. The van der Waals surface area contributed by atoms with Gasteiger partial charge < -0.3 is 9.84 Å². The average molecular weight is 302 g/mol. The zero-order chi connectivity index (χ0) is 15.7. The van der Waals surface area contributed by atoms with Crippen molar-refractivity contribution >= 4 is 5.97 Å². The smallest absolute Gasteiger partial charge is 0.303 e. The fraction of sp³-hybridized carbons (Fsp3) is 0.471. The molecule has 5 nitrogen and oxygen atoms in total. The molecule has 0 aliphatic carbocycles. The fourth-order valence-electron chi connectivity index (χ4n) is 3.73. The molecule has 0 spiro atoms. The Balaban J connectivity index is 1.98. The predicted octanol–water partition coefficient (Wildman–Crippen LogP) is 1.80. The summed E-state index contributed by atoms with van der Waals surface area (Å²) in [6, 6.07) is 7.65. The largest absolute Gasteiger partial charge is 0.481 e. The molecule has 2 heterocycles. The molecule has 0 saturated carbocycles. The number of benzene rings is 1. The van der Waals surface area contributed by atoms with Crippen LogP contribution in [0.25, 0.3) is 0 Å². The molecule has 1 aromatic carbocycles. The fourth-order valence-corrected chi connectivity index (χ4v) is 3.73. The van der Waals surface area contributed by atoms with Crippen LogP contribution < -0.4 is 10.5 Å². The second-order valence-corrected chi connectivity index (χ2v) is 6.20. The molecule has 1 saturated heterocycles. The number of likely N-dealkylation sites (tertiary alicyclic amines) is 1. The summed E-state index contributed by atoms with van der Waals surface area (Å²) in [5, 5.41) is 9.32. The number of fused-ring (bicyclic) bond motifs is 2. The van der Waals surface area contributed by atoms with Crippen molar-refractivity contribution in [3.63, 3.8) is 0 Å². The Morgan fingerprint density at radius 2 is 2.32 bits per heavy atom. The third kappa shape index (κ3) is 2.62. The molecule has 0 amide bonds. The topological polar surface area (TPSA) is 75.8 Å². The number of aliphatic carboxylic acids is 1. The van der Waals surface area contributed by atoms with Gasteiger partial charge in [-0.15, -0.1) is 6.58 Å². The third-order valence-electron chi connectivity index (χ3n) is 4.79. The highest BCUT2D eigenvalue weighted by Gasteiger charge is 2.50. The quantitative estimate of drug-likeness (QED) is 0.830. The molecule has 3 unspecified atom stereocenters. The van der Waals surface area contributed by atoms with Crippen molar-refractivity contribution in [2.24, 2.45) is 11.7 Å². The maximum absolute atomic E-state index is 11.4. The number of ether oxygens (including phenoxy) is 1. The van der Waals surface area contributed by atoms with Crippen LogP contribution in [0.5, 0.6) is 5.75 Å². The predicted molar refractivity (Wildman–Crippen MR) is 83.7 cm³/mol. The lowest BCUT2D eigenvalue weighted by Crippen LogP contribution is -2.64. The van der Waals surface area contributed by atoms with Crippen LogP contribution in [-0.2, 0) is 4.79 Å². The molecule has 118 valence electrons. The number of hydrogen-bond acceptors (Lipinski definition) is 4. The van der Waals surface area contributed by atoms with Crippen LogP contribution in [0.15, 0.2) is 36.9 Å². The van der Waals surface area contributed by atoms with E-state index in [0.717, 1.165) is 30.9 Å². The molecule has 2 aliphatic heterocycles. The molecule has 3 N–H and O–H groups in total. The van der Waals surface area contributed by atoms with E-state index in [-0.39, 0.29) is 18.3 Å². The number of carbonyl (C=O) groups is 1. The van der Waals surface area contributed by atoms with Crippen molar-refractivity contribution < 1.29 is 14.6 Å². The first-order valence-electron chi connectivity index (χ1n) is 7.65. The Kier molecular flexibility index (Phi) is 3.93. The van der Waals surface area contributed by atoms with Crippen molar-refractivity contribution in [3.05, 3.63) is 42.5 Å². The Morgan fingerprint density at radius 1 is 1.55 bits per heavy atom. The van der Waals surface area contributed by atoms with Gasteiger partial charge in [0.15, 0.2) is 5.72 Å². The van der Waals surface area contributed by atoms with Gasteiger partial charge in [0, 0.05) is 37.9 Å². The standard InChI is InChI=1S/C17H22N2O3/c1-2-8-19-9-7-17(18)14(11-19)13(10-16(20)21)12-5-3-4-6-15(12)22-17/h2-6,13-14H,1,7-11,18H2,(H,20,21). The number of carboxylic acid groups (broad SMARTS) is 1. The third-order valence-corrected chi connectivity index (χ3v) is 4.79. The van der Waals surface area contributed by atoms with Crippen LogP contribution in [0.1, 0.15) is 24.3 Å². The molecule has 1 fully saturated rings. The van der Waals surface area contributed by atoms with E-state index in [4.69, 9.17) is 10.5 Å². The lowest BCUT2D eigenvalue weighted by Gasteiger charge is -2.51. The Hall–Kier alpha value is -1.85. The minimum atomic E-state index is -0.801. The molecular formula is C17H22N2O3. The van der Waals surface area contributed by atoms with E-state index < -0.39 is 11.7 Å². The summed E-state index contributed by atoms with van der Waals surface area (Å²) in [7, 11) is 0. The minimum Gasteiger partial charge on any atom is -0.481 e. The zero-order valence-corrected chi connectivity index (χ0v) is 12.6. The van der Waals surface area contributed by atoms with E-state index in [2.05, 4.69) is 11.5 Å². The van der Waals surface area contributed by atoms with E-state index >= 15 is 0 Å². The van der Waals surface area contributed by atoms with Gasteiger partial charge in [-0.2, -0.15) is 0 Å². The first-order chi connectivity index (χ1) is 10.5. The molecule has 2 aliphatic rings. The highest BCUT2D eigenvalue weighted by molar-refractivity contribution is 5.68. The van der Waals surface area contributed by atoms with Gasteiger partial charge in [-0.1, -0.05) is 24.3 Å². The van der Waals surface area contributed by atoms with Crippen LogP contribution in [0.4, 0.5) is 0 Å². The van der Waals surface area contributed by atoms with E-state index in [1.165, 1.54) is 0 Å². The van der Waals surface area contributed by atoms with Crippen LogP contribution in [0.3, 0.4) is 0 Å². The first-order valence-corrected chi connectivity index (χ1v) is 7.65. The molecule has 1 aromatic rings. The molecule has 3 rings (SSSR count). The molecule has 5 heteroatoms. The molecule has 3 atom stereocenters. The first kappa shape index (κ1) is 15.1. The van der Waals surface area contributed by atoms with Gasteiger partial charge in [-0.25, -0.2) is 0 Å². The Labute approximate surface area is 130 Å². The number of carboxylic acids is 1. The van der Waals surface area contributed by atoms with Gasteiger partial charge in [-0.3, -0.25) is 15.4 Å². The van der Waals surface area contributed by atoms with Gasteiger partial charge in [0.2, 0.25) is 0 Å². The second-order valence-electron chi connectivity index (χ2n) is 6.20. The van der Waals surface area contributed by atoms with Gasteiger partial charge >= 0.3 is 5.97 Å². The summed E-state index contributed by atoms with van der Waals surface area (Å²) < 4.78 is 6.09. The van der Waals surface area contributed by atoms with Crippen molar-refractivity contribution in [1.29, 1.82) is 0 Å². The van der Waals surface area contributed by atoms with Crippen LogP contribution in [0, 0.1) is 5.92 Å². The summed E-state index contributed by atoms with van der Waals surface area (Å²) in [6.45, 7) is 6.13. The SMILES string of the molecule is C=CCN1CCC2(N)Oc3ccccc3C(CC(=O)O)C2C1. The monoisotopic (exact) mass is 302 g/mol.